The molecule has 0 fully saturated rings. The van der Waals surface area contributed by atoms with E-state index in [-0.39, 0.29) is 29.2 Å². The Morgan fingerprint density at radius 2 is 1.57 bits per heavy atom. The fourth-order valence-electron chi connectivity index (χ4n) is 3.40. The van der Waals surface area contributed by atoms with E-state index in [0.717, 1.165) is 6.07 Å². The summed E-state index contributed by atoms with van der Waals surface area (Å²) >= 11 is 0. The highest BCUT2D eigenvalue weighted by Crippen LogP contribution is 2.45. The molecule has 0 radical (unpaired) electrons. The standard InChI is InChI=1S/C22H18O8/c23-13-8-15(24)14-10-19(30-22(28)11-4-2-1-3-5-11)21(29-18(14)9-13)12-6-16(25)20(27)17(26)7-12/h1-9,19,21,23-27H,10H2/t19-,21-/m1/s1. The first-order chi connectivity index (χ1) is 14.3. The highest BCUT2D eigenvalue weighted by Gasteiger charge is 2.37. The molecule has 4 rings (SSSR count). The van der Waals surface area contributed by atoms with Crippen molar-refractivity contribution in [3.8, 4) is 34.5 Å². The van der Waals surface area contributed by atoms with Crippen LogP contribution < -0.4 is 4.74 Å². The Bertz CT molecular complexity index is 1090. The lowest BCUT2D eigenvalue weighted by atomic mass is 9.93. The summed E-state index contributed by atoms with van der Waals surface area (Å²) in [5.74, 6) is -2.75. The monoisotopic (exact) mass is 410 g/mol. The topological polar surface area (TPSA) is 137 Å². The molecule has 1 aliphatic rings. The Kier molecular flexibility index (Phi) is 4.75. The zero-order chi connectivity index (χ0) is 21.4. The van der Waals surface area contributed by atoms with Gasteiger partial charge in [0.2, 0.25) is 0 Å². The molecule has 2 atom stereocenters. The molecular formula is C22H18O8. The number of phenolic OH excluding ortho intramolecular Hbond substituents is 5. The van der Waals surface area contributed by atoms with E-state index in [1.807, 2.05) is 0 Å². The summed E-state index contributed by atoms with van der Waals surface area (Å²) in [5, 5.41) is 49.4. The van der Waals surface area contributed by atoms with Gasteiger partial charge in [-0.2, -0.15) is 0 Å². The number of hydrogen-bond acceptors (Lipinski definition) is 8. The molecule has 0 aromatic heterocycles. The van der Waals surface area contributed by atoms with Crippen LogP contribution >= 0.6 is 0 Å². The number of rotatable bonds is 3. The predicted molar refractivity (Wildman–Crippen MR) is 104 cm³/mol. The molecule has 8 nitrogen and oxygen atoms in total. The SMILES string of the molecule is O=C(O[C@@H]1Cc2c(O)cc(O)cc2O[C@@H]1c1cc(O)c(O)c(O)c1)c1ccccc1. The third kappa shape index (κ3) is 3.50. The van der Waals surface area contributed by atoms with Crippen LogP contribution in [0.15, 0.2) is 54.6 Å². The van der Waals surface area contributed by atoms with Crippen LogP contribution in [0.4, 0.5) is 0 Å². The van der Waals surface area contributed by atoms with E-state index in [9.17, 15) is 30.3 Å². The molecule has 0 spiro atoms. The smallest absolute Gasteiger partial charge is 0.338 e. The second-order valence-electron chi connectivity index (χ2n) is 6.90. The molecule has 0 amide bonds. The molecule has 3 aromatic carbocycles. The summed E-state index contributed by atoms with van der Waals surface area (Å²) in [7, 11) is 0. The third-order valence-electron chi connectivity index (χ3n) is 4.86. The van der Waals surface area contributed by atoms with Crippen LogP contribution in [-0.4, -0.2) is 37.6 Å². The van der Waals surface area contributed by atoms with Crippen molar-refractivity contribution in [2.45, 2.75) is 18.6 Å². The van der Waals surface area contributed by atoms with E-state index >= 15 is 0 Å². The highest BCUT2D eigenvalue weighted by molar-refractivity contribution is 5.89. The molecule has 154 valence electrons. The molecule has 3 aromatic rings. The lowest BCUT2D eigenvalue weighted by molar-refractivity contribution is -0.0188. The predicted octanol–water partition coefficient (Wildman–Crippen LogP) is 3.12. The number of ether oxygens (including phenoxy) is 2. The number of hydrogen-bond donors (Lipinski definition) is 5. The Hall–Kier alpha value is -4.07. The lowest BCUT2D eigenvalue weighted by Crippen LogP contribution is -2.34. The van der Waals surface area contributed by atoms with Crippen LogP contribution in [0, 0.1) is 0 Å². The van der Waals surface area contributed by atoms with Crippen LogP contribution in [0.5, 0.6) is 34.5 Å². The maximum atomic E-state index is 12.6. The summed E-state index contributed by atoms with van der Waals surface area (Å²) in [6.07, 6.45) is -1.89. The van der Waals surface area contributed by atoms with E-state index in [1.54, 1.807) is 30.3 Å². The van der Waals surface area contributed by atoms with E-state index < -0.39 is 35.4 Å². The van der Waals surface area contributed by atoms with Crippen LogP contribution in [0.3, 0.4) is 0 Å². The molecular weight excluding hydrogens is 392 g/mol. The average Bonchev–Trinajstić information content (AvgIpc) is 2.72. The molecule has 5 N–H and O–H groups in total. The van der Waals surface area contributed by atoms with Crippen molar-refractivity contribution in [2.24, 2.45) is 0 Å². The van der Waals surface area contributed by atoms with Gasteiger partial charge in [-0.15, -0.1) is 0 Å². The van der Waals surface area contributed by atoms with Gasteiger partial charge in [-0.1, -0.05) is 18.2 Å². The van der Waals surface area contributed by atoms with Crippen molar-refractivity contribution in [1.29, 1.82) is 0 Å². The van der Waals surface area contributed by atoms with Gasteiger partial charge < -0.3 is 35.0 Å². The van der Waals surface area contributed by atoms with Crippen molar-refractivity contribution in [1.82, 2.24) is 0 Å². The number of benzene rings is 3. The van der Waals surface area contributed by atoms with Gasteiger partial charge in [0.05, 0.1) is 5.56 Å². The average molecular weight is 410 g/mol. The maximum absolute atomic E-state index is 12.6. The number of carbonyl (C=O) groups excluding carboxylic acids is 1. The normalized spacial score (nSPS) is 17.6. The van der Waals surface area contributed by atoms with Crippen molar-refractivity contribution >= 4 is 5.97 Å². The van der Waals surface area contributed by atoms with Gasteiger partial charge in [0, 0.05) is 29.7 Å². The second kappa shape index (κ2) is 7.40. The van der Waals surface area contributed by atoms with Crippen LogP contribution in [0.25, 0.3) is 0 Å². The Morgan fingerprint density at radius 3 is 2.23 bits per heavy atom. The van der Waals surface area contributed by atoms with Gasteiger partial charge >= 0.3 is 5.97 Å². The van der Waals surface area contributed by atoms with E-state index in [0.29, 0.717) is 11.1 Å². The van der Waals surface area contributed by atoms with Crippen molar-refractivity contribution in [2.75, 3.05) is 0 Å². The third-order valence-corrected chi connectivity index (χ3v) is 4.86. The number of carbonyl (C=O) groups is 1. The largest absolute Gasteiger partial charge is 0.508 e. The lowest BCUT2D eigenvalue weighted by Gasteiger charge is -2.34. The van der Waals surface area contributed by atoms with Gasteiger partial charge in [-0.25, -0.2) is 4.79 Å². The molecule has 0 aliphatic carbocycles. The van der Waals surface area contributed by atoms with Gasteiger partial charge in [-0.3, -0.25) is 0 Å². The van der Waals surface area contributed by atoms with Gasteiger partial charge in [0.1, 0.15) is 23.4 Å². The Balaban J connectivity index is 1.75. The van der Waals surface area contributed by atoms with Crippen LogP contribution in [-0.2, 0) is 11.2 Å². The maximum Gasteiger partial charge on any atom is 0.338 e. The summed E-state index contributed by atoms with van der Waals surface area (Å²) < 4.78 is 11.5. The summed E-state index contributed by atoms with van der Waals surface area (Å²) in [6.45, 7) is 0. The minimum atomic E-state index is -0.997. The van der Waals surface area contributed by atoms with Crippen LogP contribution in [0.2, 0.25) is 0 Å². The fourth-order valence-corrected chi connectivity index (χ4v) is 3.40. The molecule has 8 heteroatoms. The first-order valence-corrected chi connectivity index (χ1v) is 9.06. The first-order valence-electron chi connectivity index (χ1n) is 9.06. The van der Waals surface area contributed by atoms with E-state index in [1.165, 1.54) is 18.2 Å². The summed E-state index contributed by atoms with van der Waals surface area (Å²) in [5.41, 5.74) is 0.873. The van der Waals surface area contributed by atoms with E-state index in [2.05, 4.69) is 0 Å². The Labute approximate surface area is 170 Å². The van der Waals surface area contributed by atoms with Crippen molar-refractivity contribution in [3.63, 3.8) is 0 Å². The molecule has 0 saturated carbocycles. The number of phenols is 5. The molecule has 0 unspecified atom stereocenters. The van der Waals surface area contributed by atoms with Crippen molar-refractivity contribution in [3.05, 3.63) is 71.3 Å². The van der Waals surface area contributed by atoms with Crippen molar-refractivity contribution < 1.29 is 39.8 Å². The zero-order valence-electron chi connectivity index (χ0n) is 15.5. The number of aromatic hydroxyl groups is 5. The second-order valence-corrected chi connectivity index (χ2v) is 6.90. The molecule has 1 aliphatic heterocycles. The zero-order valence-corrected chi connectivity index (χ0v) is 15.5. The Morgan fingerprint density at radius 1 is 0.900 bits per heavy atom. The number of fused-ring (bicyclic) bond motifs is 1. The van der Waals surface area contributed by atoms with Gasteiger partial charge in [0.15, 0.2) is 23.4 Å². The molecule has 1 heterocycles. The summed E-state index contributed by atoms with van der Waals surface area (Å²) in [6, 6.07) is 13.1. The molecule has 30 heavy (non-hydrogen) atoms. The highest BCUT2D eigenvalue weighted by atomic mass is 16.6. The quantitative estimate of drug-likeness (QED) is 0.328. The fraction of sp³-hybridized carbons (Fsp3) is 0.136. The minimum Gasteiger partial charge on any atom is -0.508 e. The molecule has 0 bridgehead atoms. The summed E-state index contributed by atoms with van der Waals surface area (Å²) in [4.78, 5) is 12.6. The minimum absolute atomic E-state index is 0.0487. The van der Waals surface area contributed by atoms with Gasteiger partial charge in [-0.05, 0) is 24.3 Å². The number of esters is 1. The first kappa shape index (κ1) is 19.3. The van der Waals surface area contributed by atoms with Crippen LogP contribution in [0.1, 0.15) is 27.6 Å². The van der Waals surface area contributed by atoms with Gasteiger partial charge in [0.25, 0.3) is 0 Å². The van der Waals surface area contributed by atoms with E-state index in [4.69, 9.17) is 9.47 Å². The molecule has 0 saturated heterocycles.